The second-order valence-electron chi connectivity index (χ2n) is 25.9. The van der Waals surface area contributed by atoms with E-state index in [4.69, 9.17) is 19.6 Å². The molecule has 4 heterocycles. The first-order valence-corrected chi connectivity index (χ1v) is 37.2. The number of fused-ring (bicyclic) bond motifs is 12. The van der Waals surface area contributed by atoms with Crippen LogP contribution in [-0.4, -0.2) is 11.6 Å². The summed E-state index contributed by atoms with van der Waals surface area (Å²) in [6.45, 7) is 22.8. The SMILES string of the molecule is [C-]#[N+]/C(C#N)=C1\C(=C\c2cc3sc4c(c3s2)C(c2ccc(C)cc2)(c2ccc(C#CC#CC#CC#C)cc2)c2cc3c(cc2-4)C(c2ccc(CCCCCC)cc2)(c2ccc(CCCCCC)cc2)c2c-3sc3cc(/C=C4\C(=O)c5ccccc5\C4=C(\C#N)[N+]#[C-])sc23)C(=O)c2ccccc21. The largest absolute Gasteiger partial charge is 0.289 e. The molecule has 0 radical (unpaired) electrons. The molecule has 15 rings (SSSR count). The number of allylic oxidation sites excluding steroid dienone is 6. The summed E-state index contributed by atoms with van der Waals surface area (Å²) in [6.07, 6.45) is 20.4. The zero-order valence-corrected chi connectivity index (χ0v) is 59.0. The number of hydrogen-bond donors (Lipinski definition) is 0. The summed E-state index contributed by atoms with van der Waals surface area (Å²) >= 11 is 6.80. The molecule has 0 N–H and O–H groups in total. The number of nitrogens with zero attached hydrogens (tertiary/aromatic N) is 4. The summed E-state index contributed by atoms with van der Waals surface area (Å²) in [6, 6.07) is 64.5. The van der Waals surface area contributed by atoms with E-state index in [1.165, 1.54) is 47.9 Å². The van der Waals surface area contributed by atoms with Gasteiger partial charge in [0.2, 0.25) is 0 Å². The molecule has 0 bridgehead atoms. The summed E-state index contributed by atoms with van der Waals surface area (Å²) in [5.74, 6) is 18.8. The van der Waals surface area contributed by atoms with E-state index in [1.54, 1.807) is 57.5 Å². The summed E-state index contributed by atoms with van der Waals surface area (Å²) in [5, 5.41) is 20.8. The maximum Gasteiger partial charge on any atom is 0.270 e. The van der Waals surface area contributed by atoms with Crippen molar-refractivity contribution in [3.63, 3.8) is 0 Å². The first-order valence-electron chi connectivity index (χ1n) is 33.9. The lowest BCUT2D eigenvalue weighted by molar-refractivity contribution is 0.103. The smallest absolute Gasteiger partial charge is 0.270 e. The zero-order valence-electron chi connectivity index (χ0n) is 55.7. The number of terminal acetylenes is 1. The number of ketones is 2. The van der Waals surface area contributed by atoms with Gasteiger partial charge >= 0.3 is 0 Å². The molecule has 4 aromatic heterocycles. The van der Waals surface area contributed by atoms with Gasteiger partial charge < -0.3 is 0 Å². The van der Waals surface area contributed by atoms with E-state index in [0.717, 1.165) is 132 Å². The lowest BCUT2D eigenvalue weighted by atomic mass is 9.65. The number of aryl methyl sites for hydroxylation is 3. The van der Waals surface area contributed by atoms with Gasteiger partial charge in [-0.2, -0.15) is 0 Å². The minimum atomic E-state index is -0.942. The van der Waals surface area contributed by atoms with Crippen LogP contribution in [0.25, 0.3) is 72.7 Å². The van der Waals surface area contributed by atoms with Gasteiger partial charge in [-0.05, 0) is 183 Å². The molecule has 101 heavy (non-hydrogen) atoms. The van der Waals surface area contributed by atoms with Crippen LogP contribution in [0.2, 0.25) is 0 Å². The fourth-order valence-corrected chi connectivity index (χ4v) is 21.0. The third-order valence-electron chi connectivity index (χ3n) is 20.1. The molecule has 11 aromatic rings. The van der Waals surface area contributed by atoms with Crippen molar-refractivity contribution in [1.82, 2.24) is 0 Å². The standard InChI is InChI=1S/C91H60N4O2S4/c1-7-10-13-16-17-20-27-59-38-42-61(43-39-59)90(60-40-32-56(4)33-41-60)74-52-71-75(53-70(74)86-82(90)88-78(100-86)50-64(98-88)48-72-80(76(54-92)94-5)66-28-21-23-30-68(66)84(72)96)91(62-44-34-57(35-45-62)25-18-14-11-8-2,63-46-36-58(37-47-63)26-19-15-12-9-3)83-87(71)101-79-51-65(99-89(79)83)49-73-81(77(55-93)95-6)67-29-22-24-31-69(67)85(73)97/h1,21-24,28-53H,8-9,11-12,14-15,18-19,25-26H2,2-4H3/b72-48-,73-49-,80-76-,81-77+. The monoisotopic (exact) mass is 1370 g/mol. The molecule has 7 aromatic carbocycles. The molecule has 1 unspecified atom stereocenters. The van der Waals surface area contributed by atoms with E-state index in [0.29, 0.717) is 44.5 Å². The topological polar surface area (TPSA) is 90.4 Å². The molecule has 0 fully saturated rings. The van der Waals surface area contributed by atoms with Gasteiger partial charge in [-0.25, -0.2) is 20.2 Å². The highest BCUT2D eigenvalue weighted by molar-refractivity contribution is 7.31. The molecule has 480 valence electrons. The van der Waals surface area contributed by atoms with Crippen molar-refractivity contribution in [1.29, 1.82) is 10.5 Å². The van der Waals surface area contributed by atoms with Crippen LogP contribution in [0.5, 0.6) is 0 Å². The second kappa shape index (κ2) is 27.2. The Bertz CT molecular complexity index is 5830. The first-order chi connectivity index (χ1) is 49.5. The molecule has 4 aliphatic carbocycles. The van der Waals surface area contributed by atoms with Gasteiger partial charge in [-0.15, -0.1) is 51.8 Å². The van der Waals surface area contributed by atoms with Crippen LogP contribution in [0.4, 0.5) is 0 Å². The average molecular weight is 1370 g/mol. The number of benzene rings is 7. The summed E-state index contributed by atoms with van der Waals surface area (Å²) in [4.78, 5) is 40.4. The summed E-state index contributed by atoms with van der Waals surface area (Å²) in [7, 11) is 0. The Kier molecular flexibility index (Phi) is 17.6. The van der Waals surface area contributed by atoms with Crippen molar-refractivity contribution < 1.29 is 9.59 Å². The zero-order chi connectivity index (χ0) is 69.5. The summed E-state index contributed by atoms with van der Waals surface area (Å²) < 4.78 is 4.28. The molecule has 10 heteroatoms. The minimum absolute atomic E-state index is 0.115. The number of unbranched alkanes of at least 4 members (excludes halogenated alkanes) is 6. The third kappa shape index (κ3) is 10.9. The number of rotatable bonds is 16. The molecule has 1 atom stereocenters. The van der Waals surface area contributed by atoms with Crippen LogP contribution >= 0.6 is 45.3 Å². The number of Topliss-reactive ketones (excluding diaryl/α,β-unsaturated/α-hetero) is 2. The van der Waals surface area contributed by atoms with Crippen molar-refractivity contribution in [2.45, 2.75) is 95.8 Å². The molecular weight excluding hydrogens is 1310 g/mol. The fourth-order valence-electron chi connectivity index (χ4n) is 15.6. The predicted octanol–water partition coefficient (Wildman–Crippen LogP) is 22.4. The van der Waals surface area contributed by atoms with Crippen molar-refractivity contribution in [3.8, 4) is 80.9 Å². The minimum Gasteiger partial charge on any atom is -0.289 e. The average Bonchev–Trinajstić information content (AvgIpc) is 1.49. The van der Waals surface area contributed by atoms with Gasteiger partial charge in [0.15, 0.2) is 11.6 Å². The Morgan fingerprint density at radius 3 is 1.31 bits per heavy atom. The highest BCUT2D eigenvalue weighted by Crippen LogP contribution is 2.68. The number of thiophene rings is 4. The third-order valence-corrected chi connectivity index (χ3v) is 24.9. The summed E-state index contributed by atoms with van der Waals surface area (Å²) in [5.41, 5.74) is 17.2. The first kappa shape index (κ1) is 65.3. The molecule has 0 saturated heterocycles. The maximum absolute atomic E-state index is 14.6. The quantitative estimate of drug-likeness (QED) is 0.0317. The highest BCUT2D eigenvalue weighted by atomic mass is 32.1. The van der Waals surface area contributed by atoms with Crippen molar-refractivity contribution in [3.05, 3.63) is 314 Å². The Hall–Kier alpha value is -11.6. The molecule has 4 aliphatic rings. The Morgan fingerprint density at radius 2 is 0.891 bits per heavy atom. The van der Waals surface area contributed by atoms with Gasteiger partial charge in [0, 0.05) is 79.0 Å². The molecule has 0 saturated carbocycles. The van der Waals surface area contributed by atoms with Gasteiger partial charge in [-0.3, -0.25) is 9.59 Å². The lowest BCUT2D eigenvalue weighted by Gasteiger charge is -2.35. The van der Waals surface area contributed by atoms with Gasteiger partial charge in [0.05, 0.1) is 45.5 Å². The number of nitriles is 2. The fraction of sp³-hybridized carbons (Fsp3) is 0.165. The Balaban J connectivity index is 1.02. The Morgan fingerprint density at radius 1 is 0.485 bits per heavy atom. The van der Waals surface area contributed by atoms with E-state index >= 15 is 0 Å². The molecular formula is C91H60N4O2S4. The van der Waals surface area contributed by atoms with E-state index in [-0.39, 0.29) is 23.0 Å². The van der Waals surface area contributed by atoms with E-state index in [9.17, 15) is 20.1 Å². The normalized spacial score (nSPS) is 16.4. The van der Waals surface area contributed by atoms with Crippen LogP contribution < -0.4 is 0 Å². The second-order valence-corrected chi connectivity index (χ2v) is 30.1. The van der Waals surface area contributed by atoms with Crippen LogP contribution in [0, 0.1) is 90.6 Å². The van der Waals surface area contributed by atoms with Gasteiger partial charge in [0.25, 0.3) is 11.4 Å². The van der Waals surface area contributed by atoms with E-state index in [1.807, 2.05) is 48.6 Å². The number of carbonyl (C=O) groups is 2. The van der Waals surface area contributed by atoms with E-state index in [2.05, 4.69) is 205 Å². The van der Waals surface area contributed by atoms with Crippen LogP contribution in [0.15, 0.2) is 192 Å². The lowest BCUT2D eigenvalue weighted by Crippen LogP contribution is -2.30. The van der Waals surface area contributed by atoms with Crippen LogP contribution in [0.1, 0.15) is 174 Å². The van der Waals surface area contributed by atoms with Gasteiger partial charge in [0.1, 0.15) is 0 Å². The number of hydrogen-bond acceptors (Lipinski definition) is 8. The Labute approximate surface area is 605 Å². The molecule has 6 nitrogen and oxygen atoms in total. The molecule has 0 amide bonds. The van der Waals surface area contributed by atoms with Gasteiger partial charge in [-0.1, -0.05) is 197 Å². The van der Waals surface area contributed by atoms with Crippen molar-refractivity contribution in [2.75, 3.05) is 0 Å². The molecule has 0 aliphatic heterocycles. The van der Waals surface area contributed by atoms with Crippen molar-refractivity contribution >= 4 is 99.0 Å². The highest BCUT2D eigenvalue weighted by Gasteiger charge is 2.54. The molecule has 0 spiro atoms. The van der Waals surface area contributed by atoms with E-state index < -0.39 is 10.8 Å². The van der Waals surface area contributed by atoms with Crippen LogP contribution in [0.3, 0.4) is 0 Å². The van der Waals surface area contributed by atoms with Crippen molar-refractivity contribution in [2.24, 2.45) is 0 Å². The number of carbonyl (C=O) groups excluding carboxylic acids is 2. The predicted molar refractivity (Wildman–Crippen MR) is 415 cm³/mol. The maximum atomic E-state index is 14.6. The van der Waals surface area contributed by atoms with Crippen LogP contribution in [-0.2, 0) is 23.7 Å².